The van der Waals surface area contributed by atoms with Crippen molar-refractivity contribution in [1.82, 2.24) is 15.0 Å². The van der Waals surface area contributed by atoms with E-state index in [2.05, 4.69) is 10.3 Å². The molecule has 0 unspecified atom stereocenters. The van der Waals surface area contributed by atoms with Crippen molar-refractivity contribution in [1.29, 1.82) is 0 Å². The van der Waals surface area contributed by atoms with E-state index in [1.165, 1.54) is 26.2 Å². The van der Waals surface area contributed by atoms with Crippen LogP contribution in [0, 0.1) is 5.92 Å². The van der Waals surface area contributed by atoms with Crippen molar-refractivity contribution in [3.8, 4) is 0 Å². The number of aromatic nitrogens is 3. The highest BCUT2D eigenvalue weighted by atomic mass is 16.1. The van der Waals surface area contributed by atoms with E-state index in [1.807, 2.05) is 0 Å². The number of Topliss-reactive ketones (excluding diaryl/α,β-unsaturated/α-hetero) is 1. The second kappa shape index (κ2) is 3.28. The third kappa shape index (κ3) is 1.76. The van der Waals surface area contributed by atoms with E-state index in [-0.39, 0.29) is 5.78 Å². The zero-order valence-electron chi connectivity index (χ0n) is 7.73. The van der Waals surface area contributed by atoms with Crippen molar-refractivity contribution in [2.24, 2.45) is 5.92 Å². The van der Waals surface area contributed by atoms with Crippen LogP contribution in [0.4, 0.5) is 0 Å². The summed E-state index contributed by atoms with van der Waals surface area (Å²) in [5.74, 6) is 0.737. The first-order valence-corrected chi connectivity index (χ1v) is 4.67. The lowest BCUT2D eigenvalue weighted by molar-refractivity contribution is 0.101. The Morgan fingerprint density at radius 3 is 2.92 bits per heavy atom. The number of hydrogen-bond donors (Lipinski definition) is 0. The summed E-state index contributed by atoms with van der Waals surface area (Å²) in [4.78, 5) is 10.9. The smallest absolute Gasteiger partial charge is 0.181 e. The van der Waals surface area contributed by atoms with Crippen molar-refractivity contribution < 1.29 is 4.79 Å². The van der Waals surface area contributed by atoms with Crippen molar-refractivity contribution in [2.45, 2.75) is 32.7 Å². The van der Waals surface area contributed by atoms with Crippen LogP contribution in [0.3, 0.4) is 0 Å². The minimum atomic E-state index is -0.0140. The van der Waals surface area contributed by atoms with Gasteiger partial charge in [0, 0.05) is 13.5 Å². The van der Waals surface area contributed by atoms with Gasteiger partial charge in [-0.25, -0.2) is 0 Å². The number of nitrogens with zero attached hydrogens (tertiary/aromatic N) is 3. The molecule has 1 heterocycles. The molecule has 0 N–H and O–H groups in total. The summed E-state index contributed by atoms with van der Waals surface area (Å²) >= 11 is 0. The first-order chi connectivity index (χ1) is 6.25. The zero-order valence-corrected chi connectivity index (χ0v) is 7.73. The van der Waals surface area contributed by atoms with Crippen LogP contribution in [0.15, 0.2) is 6.20 Å². The molecular formula is C9H13N3O. The van der Waals surface area contributed by atoms with Gasteiger partial charge in [0.05, 0.1) is 6.20 Å². The Balaban J connectivity index is 2.00. The SMILES string of the molecule is CC(=O)c1cn(CC2CCC2)nn1. The van der Waals surface area contributed by atoms with Crippen molar-refractivity contribution in [3.63, 3.8) is 0 Å². The average Bonchev–Trinajstić information content (AvgIpc) is 2.44. The van der Waals surface area contributed by atoms with Gasteiger partial charge in [-0.1, -0.05) is 11.6 Å². The van der Waals surface area contributed by atoms with Crippen LogP contribution in [0.1, 0.15) is 36.7 Å². The van der Waals surface area contributed by atoms with Crippen LogP contribution >= 0.6 is 0 Å². The molecule has 0 aliphatic heterocycles. The van der Waals surface area contributed by atoms with Crippen LogP contribution in [-0.2, 0) is 6.54 Å². The Hall–Kier alpha value is -1.19. The van der Waals surface area contributed by atoms with Crippen LogP contribution in [0.5, 0.6) is 0 Å². The highest BCUT2D eigenvalue weighted by Gasteiger charge is 2.18. The number of ketones is 1. The van der Waals surface area contributed by atoms with Crippen LogP contribution < -0.4 is 0 Å². The number of carbonyl (C=O) groups excluding carboxylic acids is 1. The molecule has 2 rings (SSSR count). The van der Waals surface area contributed by atoms with E-state index in [0.717, 1.165) is 12.5 Å². The van der Waals surface area contributed by atoms with Gasteiger partial charge in [-0.05, 0) is 18.8 Å². The second-order valence-electron chi connectivity index (χ2n) is 3.68. The maximum atomic E-state index is 10.9. The molecular weight excluding hydrogens is 166 g/mol. The van der Waals surface area contributed by atoms with E-state index in [0.29, 0.717) is 5.69 Å². The van der Waals surface area contributed by atoms with Crippen molar-refractivity contribution >= 4 is 5.78 Å². The molecule has 1 aromatic rings. The van der Waals surface area contributed by atoms with Crippen LogP contribution in [0.2, 0.25) is 0 Å². The largest absolute Gasteiger partial charge is 0.293 e. The monoisotopic (exact) mass is 179 g/mol. The van der Waals surface area contributed by atoms with Crippen molar-refractivity contribution in [3.05, 3.63) is 11.9 Å². The Labute approximate surface area is 76.9 Å². The lowest BCUT2D eigenvalue weighted by Crippen LogP contribution is -2.18. The normalized spacial score (nSPS) is 17.0. The molecule has 1 fully saturated rings. The molecule has 4 nitrogen and oxygen atoms in total. The van der Waals surface area contributed by atoms with Gasteiger partial charge in [0.1, 0.15) is 5.69 Å². The average molecular weight is 179 g/mol. The first kappa shape index (κ1) is 8.41. The molecule has 1 aliphatic rings. The molecule has 70 valence electrons. The fraction of sp³-hybridized carbons (Fsp3) is 0.667. The fourth-order valence-electron chi connectivity index (χ4n) is 1.49. The molecule has 0 bridgehead atoms. The van der Waals surface area contributed by atoms with E-state index in [4.69, 9.17) is 0 Å². The number of hydrogen-bond acceptors (Lipinski definition) is 3. The zero-order chi connectivity index (χ0) is 9.26. The fourth-order valence-corrected chi connectivity index (χ4v) is 1.49. The van der Waals surface area contributed by atoms with Gasteiger partial charge in [-0.2, -0.15) is 0 Å². The van der Waals surface area contributed by atoms with Gasteiger partial charge in [0.2, 0.25) is 0 Å². The topological polar surface area (TPSA) is 47.8 Å². The van der Waals surface area contributed by atoms with Gasteiger partial charge in [0.15, 0.2) is 5.78 Å². The van der Waals surface area contributed by atoms with E-state index in [1.54, 1.807) is 10.9 Å². The third-order valence-electron chi connectivity index (χ3n) is 2.57. The summed E-state index contributed by atoms with van der Waals surface area (Å²) in [6.07, 6.45) is 5.64. The van der Waals surface area contributed by atoms with Crippen molar-refractivity contribution in [2.75, 3.05) is 0 Å². The van der Waals surface area contributed by atoms with Gasteiger partial charge in [-0.3, -0.25) is 9.48 Å². The van der Waals surface area contributed by atoms with E-state index < -0.39 is 0 Å². The maximum Gasteiger partial charge on any atom is 0.181 e. The molecule has 0 aromatic carbocycles. The Morgan fingerprint density at radius 1 is 1.69 bits per heavy atom. The molecule has 13 heavy (non-hydrogen) atoms. The Morgan fingerprint density at radius 2 is 2.46 bits per heavy atom. The number of rotatable bonds is 3. The summed E-state index contributed by atoms with van der Waals surface area (Å²) < 4.78 is 1.78. The van der Waals surface area contributed by atoms with Gasteiger partial charge in [-0.15, -0.1) is 5.10 Å². The standard InChI is InChI=1S/C9H13N3O/c1-7(13)9-6-12(11-10-9)5-8-3-2-4-8/h6,8H,2-5H2,1H3. The predicted molar refractivity (Wildman–Crippen MR) is 47.4 cm³/mol. The number of carbonyl (C=O) groups is 1. The molecule has 0 amide bonds. The lowest BCUT2D eigenvalue weighted by atomic mass is 9.85. The molecule has 0 spiro atoms. The second-order valence-corrected chi connectivity index (χ2v) is 3.68. The molecule has 0 atom stereocenters. The Kier molecular flexibility index (Phi) is 2.12. The molecule has 1 aromatic heterocycles. The minimum absolute atomic E-state index is 0.0140. The summed E-state index contributed by atoms with van der Waals surface area (Å²) in [6.45, 7) is 2.43. The van der Waals surface area contributed by atoms with Crippen LogP contribution in [-0.4, -0.2) is 20.8 Å². The molecule has 0 radical (unpaired) electrons. The van der Waals surface area contributed by atoms with E-state index >= 15 is 0 Å². The highest BCUT2D eigenvalue weighted by molar-refractivity contribution is 5.91. The molecule has 1 saturated carbocycles. The summed E-state index contributed by atoms with van der Waals surface area (Å²) in [5.41, 5.74) is 0.472. The first-order valence-electron chi connectivity index (χ1n) is 4.67. The quantitative estimate of drug-likeness (QED) is 0.657. The lowest BCUT2D eigenvalue weighted by Gasteiger charge is -2.24. The van der Waals surface area contributed by atoms with E-state index in [9.17, 15) is 4.79 Å². The highest BCUT2D eigenvalue weighted by Crippen LogP contribution is 2.27. The summed E-state index contributed by atoms with van der Waals surface area (Å²) in [6, 6.07) is 0. The maximum absolute atomic E-state index is 10.9. The molecule has 0 saturated heterocycles. The summed E-state index contributed by atoms with van der Waals surface area (Å²) in [5, 5.41) is 7.70. The molecule has 4 heteroatoms. The van der Waals surface area contributed by atoms with Gasteiger partial charge in [0.25, 0.3) is 0 Å². The van der Waals surface area contributed by atoms with Gasteiger partial charge >= 0.3 is 0 Å². The minimum Gasteiger partial charge on any atom is -0.293 e. The molecule has 1 aliphatic carbocycles. The Bertz CT molecular complexity index is 314. The van der Waals surface area contributed by atoms with Crippen LogP contribution in [0.25, 0.3) is 0 Å². The van der Waals surface area contributed by atoms with Gasteiger partial charge < -0.3 is 0 Å². The summed E-state index contributed by atoms with van der Waals surface area (Å²) in [7, 11) is 0. The third-order valence-corrected chi connectivity index (χ3v) is 2.57. The predicted octanol–water partition coefficient (Wildman–Crippen LogP) is 1.28.